The number of hydrogen-bond acceptors (Lipinski definition) is 4. The van der Waals surface area contributed by atoms with E-state index in [1.807, 2.05) is 20.8 Å². The van der Waals surface area contributed by atoms with Crippen molar-refractivity contribution in [2.75, 3.05) is 18.4 Å². The number of anilines is 1. The van der Waals surface area contributed by atoms with Crippen molar-refractivity contribution in [2.24, 2.45) is 0 Å². The van der Waals surface area contributed by atoms with Crippen LogP contribution in [0.4, 0.5) is 14.5 Å². The molecule has 0 amide bonds. The molecule has 2 N–H and O–H groups in total. The first-order valence-electron chi connectivity index (χ1n) is 6.24. The highest BCUT2D eigenvalue weighted by atomic mass is 32.2. The van der Waals surface area contributed by atoms with Crippen molar-refractivity contribution in [1.29, 1.82) is 0 Å². The zero-order valence-corrected chi connectivity index (χ0v) is 12.6. The van der Waals surface area contributed by atoms with E-state index in [2.05, 4.69) is 10.6 Å². The topological polar surface area (TPSA) is 58.2 Å². The van der Waals surface area contributed by atoms with Crippen LogP contribution >= 0.6 is 0 Å². The third-order valence-electron chi connectivity index (χ3n) is 2.52. The molecule has 4 nitrogen and oxygen atoms in total. The summed E-state index contributed by atoms with van der Waals surface area (Å²) in [5, 5.41) is 6.08. The molecule has 1 aromatic rings. The molecule has 1 rings (SSSR count). The van der Waals surface area contributed by atoms with Crippen LogP contribution in [0.25, 0.3) is 0 Å². The van der Waals surface area contributed by atoms with Gasteiger partial charge in [-0.15, -0.1) is 0 Å². The molecular formula is C13H20F2N2O2S. The molecule has 0 saturated carbocycles. The summed E-state index contributed by atoms with van der Waals surface area (Å²) in [7, 11) is -4.59. The fourth-order valence-electron chi connectivity index (χ4n) is 1.59. The fraction of sp³-hybridized carbons (Fsp3) is 0.538. The summed E-state index contributed by atoms with van der Waals surface area (Å²) in [4.78, 5) is -0.370. The maximum Gasteiger partial charge on any atom is 0.341 e. The van der Waals surface area contributed by atoms with Crippen molar-refractivity contribution >= 4 is 15.5 Å². The van der Waals surface area contributed by atoms with E-state index < -0.39 is 15.6 Å². The average molecular weight is 306 g/mol. The first-order valence-corrected chi connectivity index (χ1v) is 7.79. The van der Waals surface area contributed by atoms with Gasteiger partial charge in [0.05, 0.1) is 10.6 Å². The van der Waals surface area contributed by atoms with E-state index in [1.54, 1.807) is 6.07 Å². The Balaban J connectivity index is 2.78. The van der Waals surface area contributed by atoms with Crippen LogP contribution in [0, 0.1) is 0 Å². The first kappa shape index (κ1) is 16.8. The molecule has 0 unspecified atom stereocenters. The molecule has 0 aliphatic rings. The zero-order chi connectivity index (χ0) is 15.4. The molecule has 1 aromatic carbocycles. The third-order valence-corrected chi connectivity index (χ3v) is 3.96. The van der Waals surface area contributed by atoms with Crippen LogP contribution in [0.2, 0.25) is 0 Å². The number of hydrogen-bond donors (Lipinski definition) is 2. The van der Waals surface area contributed by atoms with Crippen LogP contribution in [0.5, 0.6) is 0 Å². The highest BCUT2D eigenvalue weighted by Gasteiger charge is 2.28. The lowest BCUT2D eigenvalue weighted by Crippen LogP contribution is -2.38. The second kappa shape index (κ2) is 6.49. The summed E-state index contributed by atoms with van der Waals surface area (Å²) in [5.74, 6) is -3.42. The van der Waals surface area contributed by atoms with Gasteiger partial charge in [0.2, 0.25) is 9.84 Å². The summed E-state index contributed by atoms with van der Waals surface area (Å²) in [6, 6.07) is 5.69. The minimum atomic E-state index is -4.59. The van der Waals surface area contributed by atoms with E-state index in [9.17, 15) is 17.2 Å². The van der Waals surface area contributed by atoms with Gasteiger partial charge in [-0.1, -0.05) is 12.1 Å². The largest absolute Gasteiger partial charge is 0.383 e. The number of benzene rings is 1. The molecule has 0 bridgehead atoms. The monoisotopic (exact) mass is 306 g/mol. The molecule has 0 atom stereocenters. The highest BCUT2D eigenvalue weighted by Crippen LogP contribution is 2.25. The van der Waals surface area contributed by atoms with Crippen LogP contribution in [0.1, 0.15) is 20.8 Å². The van der Waals surface area contributed by atoms with Gasteiger partial charge in [0.1, 0.15) is 0 Å². The number of para-hydroxylation sites is 1. The SMILES string of the molecule is CC(C)(C)NCCNc1ccccc1S(=O)(=O)C(F)F. The van der Waals surface area contributed by atoms with Gasteiger partial charge in [0, 0.05) is 18.6 Å². The van der Waals surface area contributed by atoms with Gasteiger partial charge in [-0.2, -0.15) is 8.78 Å². The predicted octanol–water partition coefficient (Wildman–Crippen LogP) is 2.48. The van der Waals surface area contributed by atoms with E-state index in [4.69, 9.17) is 0 Å². The van der Waals surface area contributed by atoms with Crippen molar-refractivity contribution in [2.45, 2.75) is 37.0 Å². The average Bonchev–Trinajstić information content (AvgIpc) is 2.33. The molecule has 0 heterocycles. The molecule has 0 radical (unpaired) electrons. The quantitative estimate of drug-likeness (QED) is 0.793. The number of rotatable bonds is 6. The van der Waals surface area contributed by atoms with Gasteiger partial charge in [-0.05, 0) is 32.9 Å². The molecule has 0 aromatic heterocycles. The van der Waals surface area contributed by atoms with Crippen molar-refractivity contribution in [1.82, 2.24) is 5.32 Å². The molecule has 7 heteroatoms. The van der Waals surface area contributed by atoms with Crippen LogP contribution in [-0.2, 0) is 9.84 Å². The van der Waals surface area contributed by atoms with Gasteiger partial charge >= 0.3 is 5.76 Å². The minimum Gasteiger partial charge on any atom is -0.383 e. The molecule has 114 valence electrons. The summed E-state index contributed by atoms with van der Waals surface area (Å²) in [5.41, 5.74) is 0.138. The molecule has 0 aliphatic carbocycles. The second-order valence-corrected chi connectivity index (χ2v) is 7.29. The fourth-order valence-corrected chi connectivity index (χ4v) is 2.50. The van der Waals surface area contributed by atoms with Crippen molar-refractivity contribution < 1.29 is 17.2 Å². The Kier molecular flexibility index (Phi) is 5.47. The molecule has 0 fully saturated rings. The van der Waals surface area contributed by atoms with Crippen molar-refractivity contribution in [3.8, 4) is 0 Å². The van der Waals surface area contributed by atoms with Gasteiger partial charge in [-0.3, -0.25) is 0 Å². The Morgan fingerprint density at radius 2 is 1.75 bits per heavy atom. The molecule has 20 heavy (non-hydrogen) atoms. The van der Waals surface area contributed by atoms with Crippen LogP contribution in [0.3, 0.4) is 0 Å². The van der Waals surface area contributed by atoms with Crippen LogP contribution in [-0.4, -0.2) is 32.8 Å². The summed E-state index contributed by atoms with van der Waals surface area (Å²) >= 11 is 0. The lowest BCUT2D eigenvalue weighted by Gasteiger charge is -2.21. The van der Waals surface area contributed by atoms with Gasteiger partial charge in [0.15, 0.2) is 0 Å². The Hall–Kier alpha value is -1.21. The minimum absolute atomic E-state index is 0.0593. The van der Waals surface area contributed by atoms with Gasteiger partial charge in [-0.25, -0.2) is 8.42 Å². The molecule has 0 spiro atoms. The van der Waals surface area contributed by atoms with E-state index in [0.29, 0.717) is 13.1 Å². The number of alkyl halides is 2. The Labute approximate surface area is 118 Å². The first-order chi connectivity index (χ1) is 9.14. The van der Waals surface area contributed by atoms with Crippen molar-refractivity contribution in [3.05, 3.63) is 24.3 Å². The Morgan fingerprint density at radius 3 is 2.30 bits per heavy atom. The standard InChI is InChI=1S/C13H20F2N2O2S/c1-13(2,3)17-9-8-16-10-6-4-5-7-11(10)20(18,19)12(14)15/h4-7,12,16-17H,8-9H2,1-3H3. The molecule has 0 aliphatic heterocycles. The molecular weight excluding hydrogens is 286 g/mol. The number of halogens is 2. The second-order valence-electron chi connectivity index (χ2n) is 5.41. The molecule has 0 saturated heterocycles. The van der Waals surface area contributed by atoms with Crippen LogP contribution < -0.4 is 10.6 Å². The maximum absolute atomic E-state index is 12.6. The van der Waals surface area contributed by atoms with Crippen molar-refractivity contribution in [3.63, 3.8) is 0 Å². The van der Waals surface area contributed by atoms with E-state index in [-0.39, 0.29) is 16.1 Å². The lowest BCUT2D eigenvalue weighted by atomic mass is 10.1. The van der Waals surface area contributed by atoms with E-state index >= 15 is 0 Å². The summed E-state index contributed by atoms with van der Waals surface area (Å²) in [6.45, 7) is 7.03. The predicted molar refractivity (Wildman–Crippen MR) is 75.9 cm³/mol. The lowest BCUT2D eigenvalue weighted by molar-refractivity contribution is 0.235. The number of nitrogens with one attached hydrogen (secondary N) is 2. The zero-order valence-electron chi connectivity index (χ0n) is 11.8. The highest BCUT2D eigenvalue weighted by molar-refractivity contribution is 7.91. The maximum atomic E-state index is 12.6. The van der Waals surface area contributed by atoms with Gasteiger partial charge < -0.3 is 10.6 Å². The normalized spacial score (nSPS) is 12.7. The Bertz CT molecular complexity index is 540. The number of sulfone groups is 1. The van der Waals surface area contributed by atoms with Gasteiger partial charge in [0.25, 0.3) is 0 Å². The summed E-state index contributed by atoms with van der Waals surface area (Å²) in [6.07, 6.45) is 0. The third kappa shape index (κ3) is 4.72. The smallest absolute Gasteiger partial charge is 0.341 e. The Morgan fingerprint density at radius 1 is 1.15 bits per heavy atom. The van der Waals surface area contributed by atoms with Crippen LogP contribution in [0.15, 0.2) is 29.2 Å². The summed E-state index contributed by atoms with van der Waals surface area (Å²) < 4.78 is 48.3. The van der Waals surface area contributed by atoms with E-state index in [0.717, 1.165) is 0 Å². The van der Waals surface area contributed by atoms with E-state index in [1.165, 1.54) is 18.2 Å².